The normalized spacial score (nSPS) is 10.9. The van der Waals surface area contributed by atoms with Crippen molar-refractivity contribution in [2.75, 3.05) is 35.5 Å². The highest BCUT2D eigenvalue weighted by molar-refractivity contribution is 7.07. The van der Waals surface area contributed by atoms with E-state index in [4.69, 9.17) is 9.47 Å². The van der Waals surface area contributed by atoms with Crippen LogP contribution < -0.4 is 36.1 Å². The van der Waals surface area contributed by atoms with E-state index in [0.29, 0.717) is 5.69 Å². The van der Waals surface area contributed by atoms with Gasteiger partial charge in [0.05, 0.1) is 49.2 Å². The predicted molar refractivity (Wildman–Crippen MR) is 205 cm³/mol. The molecule has 0 saturated carbocycles. The first-order chi connectivity index (χ1) is 27.3. The summed E-state index contributed by atoms with van der Waals surface area (Å²) < 4.78 is 10.3. The molecule has 0 spiro atoms. The molecule has 57 heavy (non-hydrogen) atoms. The van der Waals surface area contributed by atoms with Gasteiger partial charge in [-0.05, 0) is 72.8 Å². The lowest BCUT2D eigenvalue weighted by atomic mass is 10.1. The lowest BCUT2D eigenvalue weighted by Crippen LogP contribution is -2.43. The lowest BCUT2D eigenvalue weighted by molar-refractivity contribution is -0.117. The van der Waals surface area contributed by atoms with Crippen molar-refractivity contribution in [1.82, 2.24) is 10.3 Å². The number of amides is 5. The number of nitriles is 1. The summed E-state index contributed by atoms with van der Waals surface area (Å²) in [6.07, 6.45) is -0.355. The highest BCUT2D eigenvalue weighted by Crippen LogP contribution is 2.40. The van der Waals surface area contributed by atoms with Gasteiger partial charge in [0.2, 0.25) is 5.91 Å². The molecule has 1 heterocycles. The van der Waals surface area contributed by atoms with E-state index < -0.39 is 58.6 Å². The molecule has 4 aromatic carbocycles. The van der Waals surface area contributed by atoms with Crippen molar-refractivity contribution in [2.24, 2.45) is 0 Å². The summed E-state index contributed by atoms with van der Waals surface area (Å²) in [4.78, 5) is 79.7. The summed E-state index contributed by atoms with van der Waals surface area (Å²) >= 11 is 1.27. The summed E-state index contributed by atoms with van der Waals surface area (Å²) in [7, 11) is 2.35. The minimum Gasteiger partial charge on any atom is -0.504 e. The number of anilines is 4. The van der Waals surface area contributed by atoms with Crippen molar-refractivity contribution in [3.05, 3.63) is 112 Å². The van der Waals surface area contributed by atoms with Gasteiger partial charge < -0.3 is 51.4 Å². The van der Waals surface area contributed by atoms with Crippen LogP contribution in [0.25, 0.3) is 0 Å². The number of phenolic OH excluding ortho intramolecular Hbond substituents is 1. The zero-order chi connectivity index (χ0) is 41.2. The number of nitrogens with zero attached hydrogens (tertiary/aromatic N) is 2. The van der Waals surface area contributed by atoms with Crippen molar-refractivity contribution < 1.29 is 53.6 Å². The van der Waals surface area contributed by atoms with Gasteiger partial charge in [-0.25, -0.2) is 9.78 Å². The second-order valence-corrected chi connectivity index (χ2v) is 12.4. The van der Waals surface area contributed by atoms with Crippen LogP contribution in [0.1, 0.15) is 58.3 Å². The molecule has 0 bridgehead atoms. The molecular weight excluding hydrogens is 763 g/mol. The SMILES string of the molecule is COc1c(NC(=O)c2ccc(NC(=O)c3ccc(NC(=O)[C@H](CC#N)NC(=O)c4ccc(NC(=O)c5cscn5)cc4)cc3)c(OC)c2O)ccc(C(=O)O)c1O. The molecule has 0 fully saturated rings. The average molecular weight is 794 g/mol. The summed E-state index contributed by atoms with van der Waals surface area (Å²) in [5.74, 6) is -6.70. The number of rotatable bonds is 14. The molecule has 19 heteroatoms. The van der Waals surface area contributed by atoms with Crippen molar-refractivity contribution in [2.45, 2.75) is 12.5 Å². The third kappa shape index (κ3) is 9.40. The number of carboxylic acids is 1. The van der Waals surface area contributed by atoms with E-state index in [9.17, 15) is 49.3 Å². The van der Waals surface area contributed by atoms with Crippen LogP contribution in [0.15, 0.2) is 83.7 Å². The molecule has 0 radical (unpaired) electrons. The number of aromatic hydroxyl groups is 2. The third-order valence-corrected chi connectivity index (χ3v) is 8.63. The first kappa shape index (κ1) is 40.2. The number of nitrogens with one attached hydrogen (secondary N) is 5. The van der Waals surface area contributed by atoms with Gasteiger partial charge in [-0.1, -0.05) is 0 Å². The monoisotopic (exact) mass is 793 g/mol. The lowest BCUT2D eigenvalue weighted by Gasteiger charge is -2.17. The Morgan fingerprint density at radius 2 is 1.23 bits per heavy atom. The largest absolute Gasteiger partial charge is 0.504 e. The number of ether oxygens (including phenoxy) is 2. The second-order valence-electron chi connectivity index (χ2n) is 11.7. The van der Waals surface area contributed by atoms with Crippen molar-refractivity contribution >= 4 is 69.6 Å². The zero-order valence-electron chi connectivity index (χ0n) is 29.8. The van der Waals surface area contributed by atoms with Gasteiger partial charge in [0.15, 0.2) is 23.0 Å². The van der Waals surface area contributed by atoms with Crippen LogP contribution in [0.4, 0.5) is 22.7 Å². The number of thiazole rings is 1. The average Bonchev–Trinajstić information content (AvgIpc) is 3.74. The summed E-state index contributed by atoms with van der Waals surface area (Å²) in [5, 5.41) is 54.1. The molecule has 0 unspecified atom stereocenters. The van der Waals surface area contributed by atoms with Crippen LogP contribution in [-0.4, -0.2) is 76.1 Å². The molecule has 0 saturated heterocycles. The molecule has 5 aromatic rings. The van der Waals surface area contributed by atoms with Crippen molar-refractivity contribution in [1.29, 1.82) is 5.26 Å². The van der Waals surface area contributed by atoms with Crippen LogP contribution in [-0.2, 0) is 4.79 Å². The number of aromatic carboxylic acids is 1. The highest BCUT2D eigenvalue weighted by Gasteiger charge is 2.25. The van der Waals surface area contributed by atoms with Gasteiger partial charge in [-0.15, -0.1) is 11.3 Å². The number of carboxylic acid groups (broad SMARTS) is 1. The minimum atomic E-state index is -1.42. The predicted octanol–water partition coefficient (Wildman–Crippen LogP) is 4.68. The first-order valence-corrected chi connectivity index (χ1v) is 17.3. The standard InChI is InChI=1S/C38H31N7O11S/c1-55-31-25(13-11-23(29(31)46)35(50)44-26-14-12-24(38(53)54)30(47)32(26)56-2)43-33(48)19-3-7-21(8-4-19)41-36(51)27(15-16-39)45-34(49)20-5-9-22(10-6-20)42-37(52)28-17-57-18-40-28/h3-14,17-18,27,46-47H,15H2,1-2H3,(H,41,51)(H,42,52)(H,43,48)(H,44,50)(H,45,49)(H,53,54)/t27-/m0/s1. The van der Waals surface area contributed by atoms with Crippen molar-refractivity contribution in [3.8, 4) is 29.1 Å². The number of aromatic nitrogens is 1. The summed E-state index contributed by atoms with van der Waals surface area (Å²) in [6.45, 7) is 0. The topological polar surface area (TPSA) is 278 Å². The second kappa shape index (κ2) is 17.9. The van der Waals surface area contributed by atoms with Gasteiger partial charge in [0.1, 0.15) is 17.3 Å². The molecule has 18 nitrogen and oxygen atoms in total. The number of carbonyl (C=O) groups excluding carboxylic acids is 5. The zero-order valence-corrected chi connectivity index (χ0v) is 30.6. The molecule has 1 atom stereocenters. The molecule has 5 amide bonds. The number of phenols is 2. The van der Waals surface area contributed by atoms with Gasteiger partial charge >= 0.3 is 5.97 Å². The quantitative estimate of drug-likeness (QED) is 0.0759. The van der Waals surface area contributed by atoms with E-state index in [2.05, 4.69) is 31.6 Å². The number of carbonyl (C=O) groups is 6. The Kier molecular flexibility index (Phi) is 12.6. The van der Waals surface area contributed by atoms with E-state index in [1.807, 2.05) is 6.07 Å². The maximum absolute atomic E-state index is 13.1. The molecule has 8 N–H and O–H groups in total. The number of methoxy groups -OCH3 is 2. The maximum atomic E-state index is 13.1. The Morgan fingerprint density at radius 1 is 0.702 bits per heavy atom. The van der Waals surface area contributed by atoms with E-state index in [0.717, 1.165) is 13.2 Å². The van der Waals surface area contributed by atoms with E-state index in [1.165, 1.54) is 90.7 Å². The minimum absolute atomic E-state index is 0.0138. The van der Waals surface area contributed by atoms with Crippen LogP contribution >= 0.6 is 11.3 Å². The number of hydrogen-bond acceptors (Lipinski definition) is 13. The number of benzene rings is 4. The smallest absolute Gasteiger partial charge is 0.339 e. The molecule has 290 valence electrons. The molecule has 5 rings (SSSR count). The molecule has 0 aliphatic heterocycles. The van der Waals surface area contributed by atoms with Crippen LogP contribution in [0.5, 0.6) is 23.0 Å². The number of hydrogen-bond donors (Lipinski definition) is 8. The summed E-state index contributed by atoms with van der Waals surface area (Å²) in [6, 6.07) is 16.8. The van der Waals surface area contributed by atoms with Crippen LogP contribution in [0.2, 0.25) is 0 Å². The molecule has 0 aliphatic rings. The Balaban J connectivity index is 1.20. The fourth-order valence-corrected chi connectivity index (χ4v) is 5.73. The Hall–Kier alpha value is -7.98. The van der Waals surface area contributed by atoms with E-state index in [-0.39, 0.29) is 57.4 Å². The maximum Gasteiger partial charge on any atom is 0.339 e. The third-order valence-electron chi connectivity index (χ3n) is 8.04. The van der Waals surface area contributed by atoms with Crippen LogP contribution in [0.3, 0.4) is 0 Å². The van der Waals surface area contributed by atoms with Gasteiger partial charge in [0, 0.05) is 27.9 Å². The molecule has 1 aromatic heterocycles. The van der Waals surface area contributed by atoms with Gasteiger partial charge in [-0.3, -0.25) is 24.0 Å². The Labute approximate surface area is 326 Å². The Morgan fingerprint density at radius 3 is 1.75 bits per heavy atom. The first-order valence-electron chi connectivity index (χ1n) is 16.4. The van der Waals surface area contributed by atoms with Gasteiger partial charge in [-0.2, -0.15) is 5.26 Å². The van der Waals surface area contributed by atoms with E-state index in [1.54, 1.807) is 5.38 Å². The highest BCUT2D eigenvalue weighted by atomic mass is 32.1. The molecule has 0 aliphatic carbocycles. The van der Waals surface area contributed by atoms with Crippen molar-refractivity contribution in [3.63, 3.8) is 0 Å². The fourth-order valence-electron chi connectivity index (χ4n) is 5.19. The summed E-state index contributed by atoms with van der Waals surface area (Å²) in [5.41, 5.74) is 1.84. The van der Waals surface area contributed by atoms with Crippen LogP contribution in [0, 0.1) is 11.3 Å². The molecular formula is C38H31N7O11S. The Bertz CT molecular complexity index is 2400. The fraction of sp³-hybridized carbons (Fsp3) is 0.105. The van der Waals surface area contributed by atoms with E-state index >= 15 is 0 Å². The van der Waals surface area contributed by atoms with Gasteiger partial charge in [0.25, 0.3) is 23.6 Å².